The Hall–Kier alpha value is -1.84. The molecule has 4 heteroatoms. The molecule has 0 heterocycles. The van der Waals surface area contributed by atoms with Crippen molar-refractivity contribution in [2.45, 2.75) is 39.2 Å². The highest BCUT2D eigenvalue weighted by Crippen LogP contribution is 2.08. The third-order valence-corrected chi connectivity index (χ3v) is 3.36. The molecule has 0 fully saturated rings. The van der Waals surface area contributed by atoms with Crippen molar-refractivity contribution < 1.29 is 9.59 Å². The van der Waals surface area contributed by atoms with E-state index >= 15 is 0 Å². The van der Waals surface area contributed by atoms with Crippen LogP contribution < -0.4 is 5.32 Å². The molecule has 20 heavy (non-hydrogen) atoms. The Morgan fingerprint density at radius 3 is 2.45 bits per heavy atom. The summed E-state index contributed by atoms with van der Waals surface area (Å²) < 4.78 is 0. The fourth-order valence-electron chi connectivity index (χ4n) is 2.14. The Labute approximate surface area is 121 Å². The van der Waals surface area contributed by atoms with Gasteiger partial charge in [-0.15, -0.1) is 0 Å². The average Bonchev–Trinajstić information content (AvgIpc) is 2.47. The van der Waals surface area contributed by atoms with Crippen molar-refractivity contribution in [1.29, 1.82) is 0 Å². The summed E-state index contributed by atoms with van der Waals surface area (Å²) in [5, 5.41) is 2.61. The van der Waals surface area contributed by atoms with Gasteiger partial charge < -0.3 is 10.2 Å². The Bertz CT molecular complexity index is 431. The highest BCUT2D eigenvalue weighted by Gasteiger charge is 2.24. The highest BCUT2D eigenvalue weighted by molar-refractivity contribution is 5.87. The number of hydrogen-bond acceptors (Lipinski definition) is 2. The second kappa shape index (κ2) is 8.35. The molecule has 0 saturated heterocycles. The van der Waals surface area contributed by atoms with E-state index in [0.717, 1.165) is 12.8 Å². The smallest absolute Gasteiger partial charge is 0.242 e. The summed E-state index contributed by atoms with van der Waals surface area (Å²) in [4.78, 5) is 25.6. The molecule has 0 aliphatic carbocycles. The molecular weight excluding hydrogens is 252 g/mol. The normalized spacial score (nSPS) is 11.8. The van der Waals surface area contributed by atoms with Crippen LogP contribution in [-0.4, -0.2) is 36.3 Å². The summed E-state index contributed by atoms with van der Waals surface area (Å²) in [5.41, 5.74) is 1.17. The Morgan fingerprint density at radius 1 is 1.25 bits per heavy atom. The zero-order chi connectivity index (χ0) is 15.0. The molecule has 1 N–H and O–H groups in total. The summed E-state index contributed by atoms with van der Waals surface area (Å²) in [6, 6.07) is 9.57. The van der Waals surface area contributed by atoms with E-state index < -0.39 is 6.04 Å². The van der Waals surface area contributed by atoms with Gasteiger partial charge in [-0.3, -0.25) is 9.59 Å². The maximum atomic E-state index is 12.2. The number of nitrogens with one attached hydrogen (secondary N) is 1. The maximum absolute atomic E-state index is 12.2. The molecule has 4 nitrogen and oxygen atoms in total. The van der Waals surface area contributed by atoms with E-state index in [9.17, 15) is 9.59 Å². The second-order valence-corrected chi connectivity index (χ2v) is 4.86. The first kappa shape index (κ1) is 16.2. The van der Waals surface area contributed by atoms with Crippen molar-refractivity contribution >= 4 is 11.8 Å². The molecule has 1 rings (SSSR count). The topological polar surface area (TPSA) is 49.4 Å². The third-order valence-electron chi connectivity index (χ3n) is 3.36. The van der Waals surface area contributed by atoms with E-state index in [2.05, 4.69) is 5.32 Å². The van der Waals surface area contributed by atoms with Crippen LogP contribution in [0.15, 0.2) is 30.3 Å². The van der Waals surface area contributed by atoms with E-state index in [1.807, 2.05) is 37.3 Å². The van der Waals surface area contributed by atoms with Crippen LogP contribution in [0.2, 0.25) is 0 Å². The van der Waals surface area contributed by atoms with Gasteiger partial charge in [0.1, 0.15) is 6.04 Å². The summed E-state index contributed by atoms with van der Waals surface area (Å²) in [7, 11) is 1.60. The number of nitrogens with zero attached hydrogens (tertiary/aromatic N) is 1. The van der Waals surface area contributed by atoms with Crippen LogP contribution in [0, 0.1) is 0 Å². The van der Waals surface area contributed by atoms with Crippen molar-refractivity contribution in [1.82, 2.24) is 10.2 Å². The Balaban J connectivity index is 2.72. The lowest BCUT2D eigenvalue weighted by Gasteiger charge is -2.28. The molecule has 1 atom stereocenters. The number of amides is 2. The number of rotatable bonds is 7. The minimum absolute atomic E-state index is 0.0412. The number of hydrogen-bond donors (Lipinski definition) is 1. The minimum Gasteiger partial charge on any atom is -0.357 e. The highest BCUT2D eigenvalue weighted by atomic mass is 16.2. The first-order valence-corrected chi connectivity index (χ1v) is 7.15. The van der Waals surface area contributed by atoms with E-state index in [1.54, 1.807) is 18.9 Å². The van der Waals surface area contributed by atoms with E-state index in [1.165, 1.54) is 5.56 Å². The first-order valence-electron chi connectivity index (χ1n) is 7.15. The van der Waals surface area contributed by atoms with Crippen LogP contribution in [0.5, 0.6) is 0 Å². The zero-order valence-electron chi connectivity index (χ0n) is 12.6. The summed E-state index contributed by atoms with van der Waals surface area (Å²) in [6.07, 6.45) is 2.04. The molecule has 1 aromatic carbocycles. The number of benzene rings is 1. The van der Waals surface area contributed by atoms with Crippen LogP contribution >= 0.6 is 0 Å². The van der Waals surface area contributed by atoms with Crippen molar-refractivity contribution in [3.8, 4) is 0 Å². The molecular formula is C16H24N2O2. The van der Waals surface area contributed by atoms with E-state index in [0.29, 0.717) is 13.0 Å². The van der Waals surface area contributed by atoms with Gasteiger partial charge in [0.25, 0.3) is 0 Å². The van der Waals surface area contributed by atoms with E-state index in [-0.39, 0.29) is 11.8 Å². The Morgan fingerprint density at radius 2 is 1.90 bits per heavy atom. The van der Waals surface area contributed by atoms with Gasteiger partial charge in [0, 0.05) is 20.0 Å². The van der Waals surface area contributed by atoms with Crippen LogP contribution in [0.4, 0.5) is 0 Å². The third kappa shape index (κ3) is 4.68. The lowest BCUT2D eigenvalue weighted by atomic mass is 10.1. The van der Waals surface area contributed by atoms with Crippen LogP contribution in [0.1, 0.15) is 32.3 Å². The largest absolute Gasteiger partial charge is 0.357 e. The first-order chi connectivity index (χ1) is 9.60. The molecule has 0 aliphatic rings. The fraction of sp³-hybridized carbons (Fsp3) is 0.500. The fourth-order valence-corrected chi connectivity index (χ4v) is 2.14. The van der Waals surface area contributed by atoms with Gasteiger partial charge in [0.15, 0.2) is 0 Å². The molecule has 0 radical (unpaired) electrons. The quantitative estimate of drug-likeness (QED) is 0.828. The standard InChI is InChI=1S/C16H24N2O2/c1-4-8-15(19)18(13(2)16(20)17-3)12-11-14-9-6-5-7-10-14/h5-7,9-10,13H,4,8,11-12H2,1-3H3,(H,17,20). The molecule has 0 spiro atoms. The summed E-state index contributed by atoms with van der Waals surface area (Å²) >= 11 is 0. The predicted octanol–water partition coefficient (Wildman–Crippen LogP) is 1.99. The zero-order valence-corrected chi connectivity index (χ0v) is 12.6. The molecule has 1 aromatic rings. The lowest BCUT2D eigenvalue weighted by molar-refractivity contribution is -0.139. The van der Waals surface area contributed by atoms with Gasteiger partial charge in [-0.05, 0) is 25.3 Å². The number of carbonyl (C=O) groups excluding carboxylic acids is 2. The van der Waals surface area contributed by atoms with Gasteiger partial charge >= 0.3 is 0 Å². The number of likely N-dealkylation sites (N-methyl/N-ethyl adjacent to an activating group) is 1. The predicted molar refractivity (Wildman–Crippen MR) is 80.3 cm³/mol. The van der Waals surface area contributed by atoms with Crippen LogP contribution in [0.3, 0.4) is 0 Å². The van der Waals surface area contributed by atoms with Gasteiger partial charge in [-0.25, -0.2) is 0 Å². The summed E-state index contributed by atoms with van der Waals surface area (Å²) in [5.74, 6) is -0.0814. The van der Waals surface area contributed by atoms with Crippen LogP contribution in [-0.2, 0) is 16.0 Å². The van der Waals surface area contributed by atoms with E-state index in [4.69, 9.17) is 0 Å². The van der Waals surface area contributed by atoms with Crippen molar-refractivity contribution in [2.75, 3.05) is 13.6 Å². The van der Waals surface area contributed by atoms with Gasteiger partial charge in [0.05, 0.1) is 0 Å². The molecule has 2 amide bonds. The minimum atomic E-state index is -0.428. The SMILES string of the molecule is CCCC(=O)N(CCc1ccccc1)C(C)C(=O)NC. The molecule has 110 valence electrons. The van der Waals surface area contributed by atoms with Gasteiger partial charge in [-0.2, -0.15) is 0 Å². The monoisotopic (exact) mass is 276 g/mol. The Kier molecular flexibility index (Phi) is 6.77. The second-order valence-electron chi connectivity index (χ2n) is 4.86. The number of carbonyl (C=O) groups is 2. The molecule has 0 aliphatic heterocycles. The average molecular weight is 276 g/mol. The molecule has 0 bridgehead atoms. The lowest BCUT2D eigenvalue weighted by Crippen LogP contribution is -2.47. The van der Waals surface area contributed by atoms with Crippen molar-refractivity contribution in [3.05, 3.63) is 35.9 Å². The molecule has 0 aromatic heterocycles. The maximum Gasteiger partial charge on any atom is 0.242 e. The molecule has 1 unspecified atom stereocenters. The van der Waals surface area contributed by atoms with Crippen LogP contribution in [0.25, 0.3) is 0 Å². The van der Waals surface area contributed by atoms with Gasteiger partial charge in [-0.1, -0.05) is 37.3 Å². The summed E-state index contributed by atoms with van der Waals surface area (Å²) in [6.45, 7) is 4.31. The van der Waals surface area contributed by atoms with Crippen molar-refractivity contribution in [2.24, 2.45) is 0 Å². The van der Waals surface area contributed by atoms with Gasteiger partial charge in [0.2, 0.25) is 11.8 Å². The molecule has 0 saturated carbocycles. The van der Waals surface area contributed by atoms with Crippen molar-refractivity contribution in [3.63, 3.8) is 0 Å².